The minimum absolute atomic E-state index is 0.154. The van der Waals surface area contributed by atoms with Crippen molar-refractivity contribution in [2.24, 2.45) is 0 Å². The molecule has 1 amide bonds. The summed E-state index contributed by atoms with van der Waals surface area (Å²) in [6.07, 6.45) is 0. The molecule has 6 nitrogen and oxygen atoms in total. The highest BCUT2D eigenvalue weighted by Crippen LogP contribution is 2.14. The number of esters is 1. The van der Waals surface area contributed by atoms with Crippen LogP contribution in [0.25, 0.3) is 0 Å². The zero-order valence-electron chi connectivity index (χ0n) is 11.5. The van der Waals surface area contributed by atoms with Crippen LogP contribution in [0.15, 0.2) is 5.38 Å². The van der Waals surface area contributed by atoms with E-state index in [2.05, 4.69) is 4.98 Å². The zero-order valence-corrected chi connectivity index (χ0v) is 12.3. The van der Waals surface area contributed by atoms with Gasteiger partial charge in [-0.2, -0.15) is 0 Å². The number of carbonyl (C=O) groups excluding carboxylic acids is 2. The summed E-state index contributed by atoms with van der Waals surface area (Å²) in [7, 11) is 1.57. The molecule has 0 fully saturated rings. The number of hydrogen-bond acceptors (Lipinski definition) is 6. The molecule has 0 saturated heterocycles. The molecule has 0 atom stereocenters. The predicted octanol–water partition coefficient (Wildman–Crippen LogP) is 1.16. The Labute approximate surface area is 116 Å². The van der Waals surface area contributed by atoms with Gasteiger partial charge in [-0.3, -0.25) is 4.79 Å². The molecule has 1 N–H and O–H groups in total. The average Bonchev–Trinajstić information content (AvgIpc) is 2.75. The monoisotopic (exact) mass is 286 g/mol. The van der Waals surface area contributed by atoms with E-state index in [1.54, 1.807) is 27.8 Å². The van der Waals surface area contributed by atoms with Crippen LogP contribution in [0.2, 0.25) is 0 Å². The van der Waals surface area contributed by atoms with Crippen molar-refractivity contribution in [1.29, 1.82) is 0 Å². The van der Waals surface area contributed by atoms with Gasteiger partial charge in [-0.1, -0.05) is 0 Å². The van der Waals surface area contributed by atoms with Crippen molar-refractivity contribution >= 4 is 23.2 Å². The maximum Gasteiger partial charge on any atom is 0.367 e. The number of nitrogens with zero attached hydrogens (tertiary/aromatic N) is 2. The van der Waals surface area contributed by atoms with E-state index >= 15 is 0 Å². The third kappa shape index (κ3) is 4.60. The van der Waals surface area contributed by atoms with Crippen LogP contribution in [-0.2, 0) is 4.74 Å². The van der Waals surface area contributed by atoms with Crippen LogP contribution in [0.5, 0.6) is 0 Å². The molecule has 1 heterocycles. The highest BCUT2D eigenvalue weighted by molar-refractivity contribution is 7.11. The summed E-state index contributed by atoms with van der Waals surface area (Å²) in [5.74, 6) is -0.870. The minimum atomic E-state index is -0.982. The Morgan fingerprint density at radius 1 is 1.53 bits per heavy atom. The van der Waals surface area contributed by atoms with Gasteiger partial charge in [-0.25, -0.2) is 9.78 Å². The van der Waals surface area contributed by atoms with Gasteiger partial charge < -0.3 is 14.7 Å². The van der Waals surface area contributed by atoms with Gasteiger partial charge in [-0.05, 0) is 20.8 Å². The third-order valence-electron chi connectivity index (χ3n) is 2.14. The van der Waals surface area contributed by atoms with Gasteiger partial charge in [0, 0.05) is 19.0 Å². The molecule has 0 aliphatic carbocycles. The number of likely N-dealkylation sites (N-methyl/N-ethyl adjacent to an activating group) is 1. The summed E-state index contributed by atoms with van der Waals surface area (Å²) in [6.45, 7) is 5.37. The quantitative estimate of drug-likeness (QED) is 0.822. The second kappa shape index (κ2) is 6.12. The lowest BCUT2D eigenvalue weighted by atomic mass is 10.1. The molecule has 106 valence electrons. The van der Waals surface area contributed by atoms with Crippen molar-refractivity contribution in [2.75, 3.05) is 20.2 Å². The Balaban J connectivity index is 2.76. The van der Waals surface area contributed by atoms with Crippen LogP contribution >= 0.6 is 11.3 Å². The number of amides is 1. The first-order valence-corrected chi connectivity index (χ1v) is 6.73. The van der Waals surface area contributed by atoms with Crippen molar-refractivity contribution in [2.45, 2.75) is 26.4 Å². The molecule has 0 radical (unpaired) electrons. The molecular weight excluding hydrogens is 268 g/mol. The molecule has 19 heavy (non-hydrogen) atoms. The number of carbonyl (C=O) groups is 2. The summed E-state index contributed by atoms with van der Waals surface area (Å²) in [6, 6.07) is 0. The molecule has 7 heteroatoms. The Morgan fingerprint density at radius 3 is 2.68 bits per heavy atom. The van der Waals surface area contributed by atoms with Crippen molar-refractivity contribution < 1.29 is 19.4 Å². The van der Waals surface area contributed by atoms with Crippen LogP contribution in [0.3, 0.4) is 0 Å². The van der Waals surface area contributed by atoms with E-state index in [4.69, 9.17) is 4.74 Å². The molecule has 0 aliphatic heterocycles. The SMILES string of the molecule is CCOC(=O)c1nc(C(=O)N(C)CC(C)(C)O)cs1. The van der Waals surface area contributed by atoms with Crippen LogP contribution in [0.1, 0.15) is 41.1 Å². The largest absolute Gasteiger partial charge is 0.461 e. The summed E-state index contributed by atoms with van der Waals surface area (Å²) >= 11 is 1.07. The number of hydrogen-bond donors (Lipinski definition) is 1. The van der Waals surface area contributed by atoms with Gasteiger partial charge in [0.2, 0.25) is 5.01 Å². The highest BCUT2D eigenvalue weighted by Gasteiger charge is 2.23. The maximum atomic E-state index is 12.0. The van der Waals surface area contributed by atoms with Gasteiger partial charge in [0.05, 0.1) is 12.2 Å². The molecular formula is C12H18N2O4S. The second-order valence-electron chi connectivity index (χ2n) is 4.73. The first-order valence-electron chi connectivity index (χ1n) is 5.85. The standard InChI is InChI=1S/C12H18N2O4S/c1-5-18-11(16)9-13-8(6-19-9)10(15)14(4)7-12(2,3)17/h6,17H,5,7H2,1-4H3. The summed E-state index contributed by atoms with van der Waals surface area (Å²) < 4.78 is 4.81. The minimum Gasteiger partial charge on any atom is -0.461 e. The van der Waals surface area contributed by atoms with Crippen molar-refractivity contribution in [1.82, 2.24) is 9.88 Å². The van der Waals surface area contributed by atoms with Crippen LogP contribution in [0, 0.1) is 0 Å². The second-order valence-corrected chi connectivity index (χ2v) is 5.59. The summed E-state index contributed by atoms with van der Waals surface area (Å²) in [4.78, 5) is 28.8. The van der Waals surface area contributed by atoms with E-state index in [0.29, 0.717) is 0 Å². The first kappa shape index (κ1) is 15.6. The molecule has 0 saturated carbocycles. The Bertz CT molecular complexity index is 465. The number of thiazole rings is 1. The van der Waals surface area contributed by atoms with Gasteiger partial charge in [-0.15, -0.1) is 11.3 Å². The van der Waals surface area contributed by atoms with Gasteiger partial charge >= 0.3 is 5.97 Å². The predicted molar refractivity (Wildman–Crippen MR) is 71.3 cm³/mol. The van der Waals surface area contributed by atoms with Crippen molar-refractivity contribution in [3.05, 3.63) is 16.1 Å². The number of rotatable bonds is 5. The van der Waals surface area contributed by atoms with Crippen molar-refractivity contribution in [3.63, 3.8) is 0 Å². The fraction of sp³-hybridized carbons (Fsp3) is 0.583. The molecule has 0 aliphatic rings. The molecule has 0 spiro atoms. The van der Waals surface area contributed by atoms with Crippen LogP contribution in [-0.4, -0.2) is 52.7 Å². The van der Waals surface area contributed by atoms with Gasteiger partial charge in [0.15, 0.2) is 0 Å². The van der Waals surface area contributed by atoms with E-state index in [-0.39, 0.29) is 29.8 Å². The average molecular weight is 286 g/mol. The molecule has 1 rings (SSSR count). The number of aromatic nitrogens is 1. The fourth-order valence-electron chi connectivity index (χ4n) is 1.51. The van der Waals surface area contributed by atoms with E-state index in [1.165, 1.54) is 10.3 Å². The number of ether oxygens (including phenoxy) is 1. The summed E-state index contributed by atoms with van der Waals surface area (Å²) in [5.41, 5.74) is -0.801. The van der Waals surface area contributed by atoms with Crippen LogP contribution < -0.4 is 0 Å². The Kier molecular flexibility index (Phi) is 5.02. The molecule has 1 aromatic rings. The topological polar surface area (TPSA) is 79.7 Å². The number of aliphatic hydroxyl groups is 1. The Hall–Kier alpha value is -1.47. The zero-order chi connectivity index (χ0) is 14.6. The highest BCUT2D eigenvalue weighted by atomic mass is 32.1. The lowest BCUT2D eigenvalue weighted by Gasteiger charge is -2.24. The van der Waals surface area contributed by atoms with Gasteiger partial charge in [0.25, 0.3) is 5.91 Å². The van der Waals surface area contributed by atoms with Crippen molar-refractivity contribution in [3.8, 4) is 0 Å². The van der Waals surface area contributed by atoms with E-state index in [1.807, 2.05) is 0 Å². The molecule has 0 aromatic carbocycles. The Morgan fingerprint density at radius 2 is 2.16 bits per heavy atom. The van der Waals surface area contributed by atoms with Gasteiger partial charge in [0.1, 0.15) is 5.69 Å². The lowest BCUT2D eigenvalue weighted by molar-refractivity contribution is 0.0364. The van der Waals surface area contributed by atoms with Crippen LogP contribution in [0.4, 0.5) is 0 Å². The lowest BCUT2D eigenvalue weighted by Crippen LogP contribution is -2.39. The van der Waals surface area contributed by atoms with E-state index in [9.17, 15) is 14.7 Å². The fourth-order valence-corrected chi connectivity index (χ4v) is 2.19. The smallest absolute Gasteiger partial charge is 0.367 e. The third-order valence-corrected chi connectivity index (χ3v) is 2.97. The normalized spacial score (nSPS) is 11.2. The van der Waals surface area contributed by atoms with E-state index < -0.39 is 11.6 Å². The summed E-state index contributed by atoms with van der Waals surface area (Å²) in [5, 5.41) is 11.3. The first-order chi connectivity index (χ1) is 8.74. The van der Waals surface area contributed by atoms with E-state index in [0.717, 1.165) is 11.3 Å². The molecule has 0 bridgehead atoms. The molecule has 0 unspecified atom stereocenters. The maximum absolute atomic E-state index is 12.0. The molecule has 1 aromatic heterocycles.